The Morgan fingerprint density at radius 1 is 1.00 bits per heavy atom. The maximum absolute atomic E-state index is 12.9. The molecule has 26 heavy (non-hydrogen) atoms. The van der Waals surface area contributed by atoms with Gasteiger partial charge >= 0.3 is 5.97 Å². The van der Waals surface area contributed by atoms with Crippen LogP contribution in [0.25, 0.3) is 11.1 Å². The highest BCUT2D eigenvalue weighted by Crippen LogP contribution is 2.29. The second-order valence-corrected chi connectivity index (χ2v) is 7.94. The van der Waals surface area contributed by atoms with Crippen LogP contribution < -0.4 is 4.74 Å². The number of nitrogens with zero attached hydrogens (tertiary/aromatic N) is 1. The maximum Gasteiger partial charge on any atom is 0.324 e. The van der Waals surface area contributed by atoms with Crippen LogP contribution in [0, 0.1) is 0 Å². The second kappa shape index (κ2) is 7.47. The topological polar surface area (TPSA) is 72.9 Å². The molecule has 2 aromatic carbocycles. The van der Waals surface area contributed by atoms with Gasteiger partial charge < -0.3 is 9.47 Å². The molecule has 6 nitrogen and oxygen atoms in total. The van der Waals surface area contributed by atoms with E-state index in [-0.39, 0.29) is 4.90 Å². The molecule has 0 radical (unpaired) electrons. The molecule has 1 heterocycles. The Kier molecular flexibility index (Phi) is 5.29. The first-order valence-corrected chi connectivity index (χ1v) is 9.75. The van der Waals surface area contributed by atoms with Crippen molar-refractivity contribution >= 4 is 16.0 Å². The minimum Gasteiger partial charge on any atom is -0.497 e. The average molecular weight is 375 g/mol. The van der Waals surface area contributed by atoms with Crippen molar-refractivity contribution in [3.05, 3.63) is 48.5 Å². The summed E-state index contributed by atoms with van der Waals surface area (Å²) in [6.45, 7) is 0.322. The maximum atomic E-state index is 12.9. The lowest BCUT2D eigenvalue weighted by Crippen LogP contribution is -2.40. The molecule has 0 N–H and O–H groups in total. The fourth-order valence-electron chi connectivity index (χ4n) is 3.14. The molecule has 2 aromatic rings. The molecule has 3 rings (SSSR count). The lowest BCUT2D eigenvalue weighted by molar-refractivity contribution is -0.144. The number of rotatable bonds is 5. The van der Waals surface area contributed by atoms with Crippen LogP contribution in [-0.2, 0) is 19.6 Å². The molecule has 0 aromatic heterocycles. The Morgan fingerprint density at radius 2 is 1.58 bits per heavy atom. The normalized spacial score (nSPS) is 17.8. The number of esters is 1. The van der Waals surface area contributed by atoms with E-state index in [1.165, 1.54) is 11.4 Å². The molecule has 1 aliphatic heterocycles. The van der Waals surface area contributed by atoms with Crippen molar-refractivity contribution in [3.8, 4) is 16.9 Å². The van der Waals surface area contributed by atoms with E-state index in [0.717, 1.165) is 16.9 Å². The van der Waals surface area contributed by atoms with Crippen LogP contribution in [0.4, 0.5) is 0 Å². The zero-order valence-electron chi connectivity index (χ0n) is 14.7. The number of methoxy groups -OCH3 is 2. The summed E-state index contributed by atoms with van der Waals surface area (Å²) in [6, 6.07) is 13.5. The lowest BCUT2D eigenvalue weighted by Gasteiger charge is -2.22. The summed E-state index contributed by atoms with van der Waals surface area (Å²) in [7, 11) is -0.861. The van der Waals surface area contributed by atoms with Gasteiger partial charge in [-0.3, -0.25) is 4.79 Å². The van der Waals surface area contributed by atoms with Crippen LogP contribution in [0.1, 0.15) is 12.8 Å². The van der Waals surface area contributed by atoms with E-state index in [0.29, 0.717) is 19.4 Å². The summed E-state index contributed by atoms with van der Waals surface area (Å²) in [4.78, 5) is 12.0. The molecule has 0 saturated carbocycles. The smallest absolute Gasteiger partial charge is 0.324 e. The quantitative estimate of drug-likeness (QED) is 0.752. The van der Waals surface area contributed by atoms with Gasteiger partial charge in [-0.05, 0) is 48.2 Å². The number of carbonyl (C=O) groups excluding carboxylic acids is 1. The van der Waals surface area contributed by atoms with Gasteiger partial charge in [-0.2, -0.15) is 4.31 Å². The summed E-state index contributed by atoms with van der Waals surface area (Å²) in [5.74, 6) is 0.247. The Morgan fingerprint density at radius 3 is 2.12 bits per heavy atom. The molecule has 1 saturated heterocycles. The van der Waals surface area contributed by atoms with Crippen molar-refractivity contribution in [2.24, 2.45) is 0 Å². The lowest BCUT2D eigenvalue weighted by atomic mass is 10.1. The molecule has 1 aliphatic rings. The Labute approximate surface area is 153 Å². The van der Waals surface area contributed by atoms with Gasteiger partial charge in [0.25, 0.3) is 0 Å². The number of hydrogen-bond donors (Lipinski definition) is 0. The number of ether oxygens (including phenoxy) is 2. The van der Waals surface area contributed by atoms with Crippen molar-refractivity contribution < 1.29 is 22.7 Å². The van der Waals surface area contributed by atoms with Gasteiger partial charge in [0, 0.05) is 6.54 Å². The van der Waals surface area contributed by atoms with Crippen LogP contribution in [0.15, 0.2) is 53.4 Å². The monoisotopic (exact) mass is 375 g/mol. The number of carbonyl (C=O) groups is 1. The van der Waals surface area contributed by atoms with E-state index in [9.17, 15) is 13.2 Å². The van der Waals surface area contributed by atoms with Crippen LogP contribution >= 0.6 is 0 Å². The highest BCUT2D eigenvalue weighted by atomic mass is 32.2. The molecular weight excluding hydrogens is 354 g/mol. The molecular formula is C19H21NO5S. The van der Waals surface area contributed by atoms with Crippen molar-refractivity contribution in [1.29, 1.82) is 0 Å². The number of hydrogen-bond acceptors (Lipinski definition) is 5. The molecule has 0 spiro atoms. The summed E-state index contributed by atoms with van der Waals surface area (Å²) >= 11 is 0. The van der Waals surface area contributed by atoms with E-state index >= 15 is 0 Å². The first-order valence-electron chi connectivity index (χ1n) is 8.31. The Hall–Kier alpha value is -2.38. The predicted molar refractivity (Wildman–Crippen MR) is 97.4 cm³/mol. The van der Waals surface area contributed by atoms with Gasteiger partial charge in [-0.1, -0.05) is 24.3 Å². The second-order valence-electron chi connectivity index (χ2n) is 6.05. The molecule has 1 atom stereocenters. The fourth-order valence-corrected chi connectivity index (χ4v) is 4.78. The molecule has 7 heteroatoms. The summed E-state index contributed by atoms with van der Waals surface area (Å²) < 4.78 is 36.9. The third-order valence-electron chi connectivity index (χ3n) is 4.56. The van der Waals surface area contributed by atoms with Crippen molar-refractivity contribution in [2.75, 3.05) is 20.8 Å². The van der Waals surface area contributed by atoms with Crippen LogP contribution in [0.3, 0.4) is 0 Å². The Bertz CT molecular complexity index is 875. The molecule has 0 amide bonds. The highest BCUT2D eigenvalue weighted by molar-refractivity contribution is 7.89. The zero-order chi connectivity index (χ0) is 18.7. The predicted octanol–water partition coefficient (Wildman–Crippen LogP) is 2.69. The van der Waals surface area contributed by atoms with Gasteiger partial charge in [0.1, 0.15) is 11.8 Å². The zero-order valence-corrected chi connectivity index (χ0v) is 15.5. The molecule has 138 valence electrons. The molecule has 0 aliphatic carbocycles. The van der Waals surface area contributed by atoms with Crippen LogP contribution in [0.5, 0.6) is 5.75 Å². The van der Waals surface area contributed by atoms with E-state index in [1.807, 2.05) is 24.3 Å². The minimum atomic E-state index is -3.74. The SMILES string of the molecule is COC(=O)[C@@H]1CCCN1S(=O)(=O)c1ccc(-c2ccc(OC)cc2)cc1. The van der Waals surface area contributed by atoms with Gasteiger partial charge in [0.2, 0.25) is 10.0 Å². The van der Waals surface area contributed by atoms with Gasteiger partial charge in [0.05, 0.1) is 19.1 Å². The standard InChI is InChI=1S/C19H21NO5S/c1-24-16-9-5-14(6-10-16)15-7-11-17(12-8-15)26(22,23)20-13-3-4-18(20)19(21)25-2/h5-12,18H,3-4,13H2,1-2H3/t18-/m0/s1. The van der Waals surface area contributed by atoms with Crippen molar-refractivity contribution in [3.63, 3.8) is 0 Å². The molecule has 0 unspecified atom stereocenters. The van der Waals surface area contributed by atoms with Crippen LogP contribution in [0.2, 0.25) is 0 Å². The Balaban J connectivity index is 1.86. The van der Waals surface area contributed by atoms with E-state index < -0.39 is 22.0 Å². The highest BCUT2D eigenvalue weighted by Gasteiger charge is 2.40. The first kappa shape index (κ1) is 18.4. The van der Waals surface area contributed by atoms with Crippen molar-refractivity contribution in [1.82, 2.24) is 4.31 Å². The first-order chi connectivity index (χ1) is 12.5. The summed E-state index contributed by atoms with van der Waals surface area (Å²) in [5, 5.41) is 0. The minimum absolute atomic E-state index is 0.172. The van der Waals surface area contributed by atoms with E-state index in [2.05, 4.69) is 0 Å². The largest absolute Gasteiger partial charge is 0.497 e. The third kappa shape index (κ3) is 3.45. The van der Waals surface area contributed by atoms with E-state index in [4.69, 9.17) is 9.47 Å². The van der Waals surface area contributed by atoms with Crippen LogP contribution in [-0.4, -0.2) is 45.5 Å². The van der Waals surface area contributed by atoms with Gasteiger partial charge in [0.15, 0.2) is 0 Å². The third-order valence-corrected chi connectivity index (χ3v) is 6.48. The molecule has 1 fully saturated rings. The van der Waals surface area contributed by atoms with E-state index in [1.54, 1.807) is 31.4 Å². The molecule has 0 bridgehead atoms. The summed E-state index contributed by atoms with van der Waals surface area (Å²) in [6.07, 6.45) is 1.12. The van der Waals surface area contributed by atoms with Gasteiger partial charge in [-0.25, -0.2) is 8.42 Å². The average Bonchev–Trinajstić information content (AvgIpc) is 3.18. The fraction of sp³-hybridized carbons (Fsp3) is 0.316. The van der Waals surface area contributed by atoms with Crippen molar-refractivity contribution in [2.45, 2.75) is 23.8 Å². The van der Waals surface area contributed by atoms with Gasteiger partial charge in [-0.15, -0.1) is 0 Å². The number of sulfonamides is 1. The number of benzene rings is 2. The summed E-state index contributed by atoms with van der Waals surface area (Å²) in [5.41, 5.74) is 1.86.